The van der Waals surface area contributed by atoms with Crippen LogP contribution in [0.5, 0.6) is 5.75 Å². The van der Waals surface area contributed by atoms with E-state index in [1.54, 1.807) is 7.11 Å². The van der Waals surface area contributed by atoms with Gasteiger partial charge in [0.2, 0.25) is 0 Å². The summed E-state index contributed by atoms with van der Waals surface area (Å²) in [6.07, 6.45) is 10.8. The highest BCUT2D eigenvalue weighted by Gasteiger charge is 2.43. The molecule has 1 saturated heterocycles. The van der Waals surface area contributed by atoms with Gasteiger partial charge in [-0.1, -0.05) is 24.3 Å². The van der Waals surface area contributed by atoms with Crippen molar-refractivity contribution in [1.82, 2.24) is 4.90 Å². The molecular weight excluding hydrogens is 338 g/mol. The van der Waals surface area contributed by atoms with Crippen molar-refractivity contribution in [3.63, 3.8) is 0 Å². The summed E-state index contributed by atoms with van der Waals surface area (Å²) in [7, 11) is 1.68. The third-order valence-electron chi connectivity index (χ3n) is 6.09. The molecule has 0 N–H and O–H groups in total. The van der Waals surface area contributed by atoms with E-state index < -0.39 is 5.41 Å². The smallest absolute Gasteiger partial charge is 0.312 e. The molecule has 1 aliphatic heterocycles. The molecule has 0 spiro atoms. The van der Waals surface area contributed by atoms with Crippen molar-refractivity contribution in [3.8, 4) is 5.75 Å². The zero-order valence-corrected chi connectivity index (χ0v) is 16.8. The Morgan fingerprint density at radius 1 is 1.26 bits per heavy atom. The topological polar surface area (TPSA) is 38.8 Å². The molecule has 1 fully saturated rings. The van der Waals surface area contributed by atoms with Gasteiger partial charge in [0.15, 0.2) is 0 Å². The molecule has 2 aliphatic rings. The lowest BCUT2D eigenvalue weighted by atomic mass is 9.73. The van der Waals surface area contributed by atoms with Crippen LogP contribution in [0.4, 0.5) is 0 Å². The van der Waals surface area contributed by atoms with Gasteiger partial charge in [-0.15, -0.1) is 0 Å². The van der Waals surface area contributed by atoms with Crippen LogP contribution in [0.25, 0.3) is 0 Å². The lowest BCUT2D eigenvalue weighted by molar-refractivity contribution is -0.158. The van der Waals surface area contributed by atoms with Crippen LogP contribution in [0.2, 0.25) is 0 Å². The van der Waals surface area contributed by atoms with E-state index in [1.165, 1.54) is 19.3 Å². The van der Waals surface area contributed by atoms with Crippen molar-refractivity contribution in [2.24, 2.45) is 11.3 Å². The number of esters is 1. The van der Waals surface area contributed by atoms with E-state index in [1.807, 2.05) is 25.1 Å². The molecular formula is C23H33NO3. The van der Waals surface area contributed by atoms with Gasteiger partial charge in [-0.2, -0.15) is 0 Å². The van der Waals surface area contributed by atoms with E-state index in [0.717, 1.165) is 56.1 Å². The van der Waals surface area contributed by atoms with Gasteiger partial charge < -0.3 is 14.4 Å². The number of allylic oxidation sites excluding steroid dienone is 2. The minimum Gasteiger partial charge on any atom is -0.497 e. The maximum Gasteiger partial charge on any atom is 0.312 e. The molecule has 1 aromatic rings. The van der Waals surface area contributed by atoms with Crippen LogP contribution in [-0.4, -0.2) is 44.2 Å². The Kier molecular flexibility index (Phi) is 6.95. The van der Waals surface area contributed by atoms with Crippen LogP contribution < -0.4 is 4.74 Å². The van der Waals surface area contributed by atoms with Gasteiger partial charge in [0.1, 0.15) is 5.75 Å². The second-order valence-corrected chi connectivity index (χ2v) is 7.98. The van der Waals surface area contributed by atoms with E-state index in [4.69, 9.17) is 9.47 Å². The number of rotatable bonds is 7. The van der Waals surface area contributed by atoms with Crippen LogP contribution in [-0.2, 0) is 16.0 Å². The largest absolute Gasteiger partial charge is 0.497 e. The van der Waals surface area contributed by atoms with Gasteiger partial charge in [-0.05, 0) is 82.2 Å². The monoisotopic (exact) mass is 371 g/mol. The first-order valence-electron chi connectivity index (χ1n) is 10.3. The van der Waals surface area contributed by atoms with Crippen molar-refractivity contribution < 1.29 is 14.3 Å². The molecule has 1 aliphatic carbocycles. The minimum absolute atomic E-state index is 0.0342. The van der Waals surface area contributed by atoms with Crippen molar-refractivity contribution in [2.45, 2.75) is 45.4 Å². The normalized spacial score (nSPS) is 22.4. The molecule has 1 aromatic carbocycles. The summed E-state index contributed by atoms with van der Waals surface area (Å²) in [4.78, 5) is 15.4. The fourth-order valence-corrected chi connectivity index (χ4v) is 4.46. The summed E-state index contributed by atoms with van der Waals surface area (Å²) in [6, 6.07) is 8.08. The van der Waals surface area contributed by atoms with E-state index >= 15 is 0 Å². The summed E-state index contributed by atoms with van der Waals surface area (Å²) in [5.41, 5.74) is 0.735. The Labute approximate surface area is 163 Å². The van der Waals surface area contributed by atoms with Gasteiger partial charge in [0, 0.05) is 6.54 Å². The number of carbonyl (C=O) groups is 1. The summed E-state index contributed by atoms with van der Waals surface area (Å²) >= 11 is 0. The standard InChI is InChI=1S/C23H33NO3/c1-3-27-22(25)23(17-20-10-7-11-21(16-20)26-2)12-14-24(15-13-23)18-19-8-5-4-6-9-19/h4-5,7,10-11,16,19H,3,6,8-9,12-15,17-18H2,1-2H3/t19-/m1/s1. The van der Waals surface area contributed by atoms with E-state index in [9.17, 15) is 4.79 Å². The highest BCUT2D eigenvalue weighted by Crippen LogP contribution is 2.38. The number of methoxy groups -OCH3 is 1. The highest BCUT2D eigenvalue weighted by atomic mass is 16.5. The maximum atomic E-state index is 12.9. The summed E-state index contributed by atoms with van der Waals surface area (Å²) in [5.74, 6) is 1.57. The van der Waals surface area contributed by atoms with Crippen molar-refractivity contribution >= 4 is 5.97 Å². The molecule has 1 atom stereocenters. The zero-order chi connectivity index (χ0) is 19.1. The second-order valence-electron chi connectivity index (χ2n) is 7.98. The Bertz CT molecular complexity index is 647. The molecule has 0 amide bonds. The molecule has 0 radical (unpaired) electrons. The second kappa shape index (κ2) is 9.41. The van der Waals surface area contributed by atoms with Gasteiger partial charge in [-0.25, -0.2) is 0 Å². The van der Waals surface area contributed by atoms with E-state index in [2.05, 4.69) is 23.1 Å². The average Bonchev–Trinajstić information content (AvgIpc) is 2.71. The summed E-state index contributed by atoms with van der Waals surface area (Å²) < 4.78 is 10.9. The van der Waals surface area contributed by atoms with Crippen LogP contribution in [0.3, 0.4) is 0 Å². The number of nitrogens with zero attached hydrogens (tertiary/aromatic N) is 1. The predicted molar refractivity (Wildman–Crippen MR) is 108 cm³/mol. The third-order valence-corrected chi connectivity index (χ3v) is 6.09. The molecule has 0 bridgehead atoms. The van der Waals surface area contributed by atoms with Crippen LogP contribution in [0.15, 0.2) is 36.4 Å². The number of hydrogen-bond acceptors (Lipinski definition) is 4. The summed E-state index contributed by atoms with van der Waals surface area (Å²) in [6.45, 7) is 5.44. The molecule has 0 unspecified atom stereocenters. The molecule has 4 heteroatoms. The van der Waals surface area contributed by atoms with Crippen LogP contribution >= 0.6 is 0 Å². The molecule has 1 heterocycles. The SMILES string of the molecule is CCOC(=O)C1(Cc2cccc(OC)c2)CCN(C[C@@H]2CC=CCC2)CC1. The number of carbonyl (C=O) groups excluding carboxylic acids is 1. The number of piperidine rings is 1. The number of hydrogen-bond donors (Lipinski definition) is 0. The molecule has 27 heavy (non-hydrogen) atoms. The van der Waals surface area contributed by atoms with Crippen LogP contribution in [0, 0.1) is 11.3 Å². The van der Waals surface area contributed by atoms with Crippen molar-refractivity contribution in [1.29, 1.82) is 0 Å². The van der Waals surface area contributed by atoms with Crippen molar-refractivity contribution in [3.05, 3.63) is 42.0 Å². The molecule has 148 valence electrons. The van der Waals surface area contributed by atoms with Gasteiger partial charge in [-0.3, -0.25) is 4.79 Å². The fraction of sp³-hybridized carbons (Fsp3) is 0.609. The van der Waals surface area contributed by atoms with E-state index in [0.29, 0.717) is 6.61 Å². The third kappa shape index (κ3) is 5.13. The Hall–Kier alpha value is -1.81. The Balaban J connectivity index is 1.67. The first kappa shape index (κ1) is 19.9. The minimum atomic E-state index is -0.411. The average molecular weight is 372 g/mol. The first-order valence-corrected chi connectivity index (χ1v) is 10.3. The zero-order valence-electron chi connectivity index (χ0n) is 16.8. The van der Waals surface area contributed by atoms with Crippen molar-refractivity contribution in [2.75, 3.05) is 33.4 Å². The quantitative estimate of drug-likeness (QED) is 0.531. The fourth-order valence-electron chi connectivity index (χ4n) is 4.46. The number of ether oxygens (including phenoxy) is 2. The number of benzene rings is 1. The predicted octanol–water partition coefficient (Wildman–Crippen LogP) is 4.24. The van der Waals surface area contributed by atoms with Gasteiger partial charge >= 0.3 is 5.97 Å². The van der Waals surface area contributed by atoms with Gasteiger partial charge in [0.05, 0.1) is 19.1 Å². The van der Waals surface area contributed by atoms with E-state index in [-0.39, 0.29) is 5.97 Å². The number of likely N-dealkylation sites (tertiary alicyclic amines) is 1. The molecule has 0 saturated carbocycles. The summed E-state index contributed by atoms with van der Waals surface area (Å²) in [5, 5.41) is 0. The molecule has 0 aromatic heterocycles. The van der Waals surface area contributed by atoms with Crippen LogP contribution in [0.1, 0.15) is 44.6 Å². The first-order chi connectivity index (χ1) is 13.1. The highest BCUT2D eigenvalue weighted by molar-refractivity contribution is 5.77. The maximum absolute atomic E-state index is 12.9. The Morgan fingerprint density at radius 3 is 2.74 bits per heavy atom. The molecule has 4 nitrogen and oxygen atoms in total. The van der Waals surface area contributed by atoms with Gasteiger partial charge in [0.25, 0.3) is 0 Å². The lowest BCUT2D eigenvalue weighted by Crippen LogP contribution is -2.47. The Morgan fingerprint density at radius 2 is 2.07 bits per heavy atom. The lowest BCUT2D eigenvalue weighted by Gasteiger charge is -2.41. The molecule has 3 rings (SSSR count).